The van der Waals surface area contributed by atoms with E-state index in [2.05, 4.69) is 26.0 Å². The predicted octanol–water partition coefficient (Wildman–Crippen LogP) is 3.58. The van der Waals surface area contributed by atoms with Crippen molar-refractivity contribution in [2.24, 2.45) is 0 Å². The number of hydrogen-bond donors (Lipinski definition) is 2. The van der Waals surface area contributed by atoms with Crippen LogP contribution in [-0.2, 0) is 14.8 Å². The maximum atomic E-state index is 12.3. The molecule has 0 saturated carbocycles. The molecule has 2 aromatic rings. The van der Waals surface area contributed by atoms with Crippen LogP contribution in [0.1, 0.15) is 12.5 Å². The molecule has 1 amide bonds. The first kappa shape index (κ1) is 16.0. The van der Waals surface area contributed by atoms with Crippen LogP contribution in [-0.4, -0.2) is 14.3 Å². The van der Waals surface area contributed by atoms with Gasteiger partial charge in [0.05, 0.1) is 0 Å². The quantitative estimate of drug-likeness (QED) is 0.840. The summed E-state index contributed by atoms with van der Waals surface area (Å²) in [7, 11) is -3.62. The van der Waals surface area contributed by atoms with Crippen LogP contribution in [0.5, 0.6) is 0 Å². The highest BCUT2D eigenvalue weighted by molar-refractivity contribution is 9.10. The standard InChI is InChI=1S/C13H13BrN2O3S2/c1-8-7-10(3-4-12(8)15-9(2)17)16-21(18,19)13-11(14)5-6-20-13/h3-7,16H,1-2H3,(H,15,17). The molecule has 0 saturated heterocycles. The molecule has 0 radical (unpaired) electrons. The van der Waals surface area contributed by atoms with Gasteiger partial charge >= 0.3 is 0 Å². The molecule has 0 unspecified atom stereocenters. The van der Waals surface area contributed by atoms with Gasteiger partial charge in [-0.15, -0.1) is 11.3 Å². The van der Waals surface area contributed by atoms with E-state index in [1.54, 1.807) is 36.6 Å². The molecular weight excluding hydrogens is 376 g/mol. The molecule has 2 rings (SSSR count). The van der Waals surface area contributed by atoms with E-state index in [1.165, 1.54) is 6.92 Å². The van der Waals surface area contributed by atoms with Crippen LogP contribution < -0.4 is 10.0 Å². The summed E-state index contributed by atoms with van der Waals surface area (Å²) in [6, 6.07) is 6.63. The Bertz CT molecular complexity index is 784. The SMILES string of the molecule is CC(=O)Nc1ccc(NS(=O)(=O)c2sccc2Br)cc1C. The Kier molecular flexibility index (Phi) is 4.70. The lowest BCUT2D eigenvalue weighted by Gasteiger charge is -2.11. The minimum atomic E-state index is -3.62. The maximum absolute atomic E-state index is 12.3. The number of anilines is 2. The largest absolute Gasteiger partial charge is 0.326 e. The molecule has 0 spiro atoms. The molecule has 21 heavy (non-hydrogen) atoms. The number of rotatable bonds is 4. The zero-order valence-corrected chi connectivity index (χ0v) is 14.5. The van der Waals surface area contributed by atoms with Gasteiger partial charge in [0.15, 0.2) is 4.21 Å². The topological polar surface area (TPSA) is 75.3 Å². The molecule has 2 N–H and O–H groups in total. The van der Waals surface area contributed by atoms with Gasteiger partial charge in [-0.05, 0) is 58.1 Å². The number of aryl methyl sites for hydroxylation is 1. The number of thiophene rings is 1. The maximum Gasteiger partial charge on any atom is 0.272 e. The van der Waals surface area contributed by atoms with Crippen LogP contribution in [0, 0.1) is 6.92 Å². The zero-order valence-electron chi connectivity index (χ0n) is 11.3. The van der Waals surface area contributed by atoms with Crippen molar-refractivity contribution in [3.63, 3.8) is 0 Å². The first-order valence-corrected chi connectivity index (χ1v) is 9.09. The van der Waals surface area contributed by atoms with E-state index in [9.17, 15) is 13.2 Å². The Morgan fingerprint density at radius 1 is 1.29 bits per heavy atom. The Morgan fingerprint density at radius 3 is 2.52 bits per heavy atom. The highest BCUT2D eigenvalue weighted by atomic mass is 79.9. The fourth-order valence-corrected chi connectivity index (χ4v) is 5.12. The molecule has 0 fully saturated rings. The highest BCUT2D eigenvalue weighted by Crippen LogP contribution is 2.30. The lowest BCUT2D eigenvalue weighted by atomic mass is 10.2. The number of halogens is 1. The van der Waals surface area contributed by atoms with Gasteiger partial charge in [0.25, 0.3) is 10.0 Å². The van der Waals surface area contributed by atoms with Gasteiger partial charge < -0.3 is 5.32 Å². The molecule has 5 nitrogen and oxygen atoms in total. The van der Waals surface area contributed by atoms with Gasteiger partial charge in [-0.3, -0.25) is 9.52 Å². The monoisotopic (exact) mass is 388 g/mol. The van der Waals surface area contributed by atoms with Crippen LogP contribution in [0.15, 0.2) is 38.3 Å². The Balaban J connectivity index is 2.26. The lowest BCUT2D eigenvalue weighted by molar-refractivity contribution is -0.114. The second-order valence-corrected chi connectivity index (χ2v) is 8.02. The van der Waals surface area contributed by atoms with E-state index in [-0.39, 0.29) is 10.1 Å². The van der Waals surface area contributed by atoms with Crippen LogP contribution >= 0.6 is 27.3 Å². The molecule has 0 bridgehead atoms. The summed E-state index contributed by atoms with van der Waals surface area (Å²) < 4.78 is 27.8. The van der Waals surface area contributed by atoms with Crippen molar-refractivity contribution in [3.05, 3.63) is 39.7 Å². The van der Waals surface area contributed by atoms with Crippen molar-refractivity contribution in [3.8, 4) is 0 Å². The fraction of sp³-hybridized carbons (Fsp3) is 0.154. The molecule has 0 atom stereocenters. The predicted molar refractivity (Wildman–Crippen MR) is 88.3 cm³/mol. The average Bonchev–Trinajstić information content (AvgIpc) is 2.79. The number of carbonyl (C=O) groups is 1. The molecular formula is C13H13BrN2O3S2. The van der Waals surface area contributed by atoms with E-state index in [1.807, 2.05) is 0 Å². The van der Waals surface area contributed by atoms with Crippen LogP contribution in [0.2, 0.25) is 0 Å². The van der Waals surface area contributed by atoms with Crippen molar-refractivity contribution in [1.82, 2.24) is 0 Å². The fourth-order valence-electron chi connectivity index (χ4n) is 1.73. The summed E-state index contributed by atoms with van der Waals surface area (Å²) in [5.74, 6) is -0.172. The number of nitrogens with one attached hydrogen (secondary N) is 2. The third kappa shape index (κ3) is 3.84. The lowest BCUT2D eigenvalue weighted by Crippen LogP contribution is -2.12. The average molecular weight is 389 g/mol. The normalized spacial score (nSPS) is 11.2. The highest BCUT2D eigenvalue weighted by Gasteiger charge is 2.19. The molecule has 1 aromatic heterocycles. The Labute approximate surface area is 135 Å². The second kappa shape index (κ2) is 6.17. The van der Waals surface area contributed by atoms with E-state index in [0.717, 1.165) is 16.9 Å². The Hall–Kier alpha value is -1.38. The summed E-state index contributed by atoms with van der Waals surface area (Å²) in [4.78, 5) is 11.0. The summed E-state index contributed by atoms with van der Waals surface area (Å²) in [6.07, 6.45) is 0. The zero-order chi connectivity index (χ0) is 15.6. The van der Waals surface area contributed by atoms with Gasteiger partial charge in [-0.25, -0.2) is 8.42 Å². The summed E-state index contributed by atoms with van der Waals surface area (Å²) >= 11 is 4.35. The molecule has 1 heterocycles. The second-order valence-electron chi connectivity index (χ2n) is 4.37. The number of sulfonamides is 1. The minimum absolute atomic E-state index is 0.172. The van der Waals surface area contributed by atoms with Gasteiger partial charge in [0.2, 0.25) is 5.91 Å². The first-order chi connectivity index (χ1) is 9.79. The number of benzene rings is 1. The van der Waals surface area contributed by atoms with Crippen molar-refractivity contribution in [2.45, 2.75) is 18.1 Å². The summed E-state index contributed by atoms with van der Waals surface area (Å²) in [6.45, 7) is 3.22. The number of amides is 1. The van der Waals surface area contributed by atoms with Crippen LogP contribution in [0.4, 0.5) is 11.4 Å². The number of hydrogen-bond acceptors (Lipinski definition) is 4. The first-order valence-electron chi connectivity index (χ1n) is 5.93. The minimum Gasteiger partial charge on any atom is -0.326 e. The van der Waals surface area contributed by atoms with Crippen molar-refractivity contribution < 1.29 is 13.2 Å². The number of carbonyl (C=O) groups excluding carboxylic acids is 1. The Morgan fingerprint density at radius 2 is 2.00 bits per heavy atom. The molecule has 0 aliphatic carbocycles. The van der Waals surface area contributed by atoms with E-state index in [4.69, 9.17) is 0 Å². The molecule has 8 heteroatoms. The van der Waals surface area contributed by atoms with E-state index in [0.29, 0.717) is 15.8 Å². The van der Waals surface area contributed by atoms with Crippen LogP contribution in [0.25, 0.3) is 0 Å². The molecule has 1 aromatic carbocycles. The van der Waals surface area contributed by atoms with E-state index < -0.39 is 10.0 Å². The molecule has 0 aliphatic heterocycles. The smallest absolute Gasteiger partial charge is 0.272 e. The molecule has 112 valence electrons. The van der Waals surface area contributed by atoms with E-state index >= 15 is 0 Å². The summed E-state index contributed by atoms with van der Waals surface area (Å²) in [5, 5.41) is 4.38. The summed E-state index contributed by atoms with van der Waals surface area (Å²) in [5.41, 5.74) is 1.88. The van der Waals surface area contributed by atoms with Crippen LogP contribution in [0.3, 0.4) is 0 Å². The van der Waals surface area contributed by atoms with Crippen molar-refractivity contribution in [1.29, 1.82) is 0 Å². The van der Waals surface area contributed by atoms with Crippen molar-refractivity contribution >= 4 is 54.6 Å². The molecule has 0 aliphatic rings. The van der Waals surface area contributed by atoms with Gasteiger partial charge in [-0.1, -0.05) is 0 Å². The van der Waals surface area contributed by atoms with Gasteiger partial charge in [0, 0.05) is 22.8 Å². The third-order valence-corrected chi connectivity index (χ3v) is 6.67. The third-order valence-electron chi connectivity index (χ3n) is 2.62. The van der Waals surface area contributed by atoms with Gasteiger partial charge in [0.1, 0.15) is 0 Å². The van der Waals surface area contributed by atoms with Crippen molar-refractivity contribution in [2.75, 3.05) is 10.0 Å². The van der Waals surface area contributed by atoms with Gasteiger partial charge in [-0.2, -0.15) is 0 Å².